The number of rotatable bonds is 9. The normalized spacial score (nSPS) is 11.2. The van der Waals surface area contributed by atoms with Gasteiger partial charge < -0.3 is 15.2 Å². The Labute approximate surface area is 127 Å². The lowest BCUT2D eigenvalue weighted by molar-refractivity contribution is 0.0505. The second kappa shape index (κ2) is 8.67. The molecule has 0 saturated heterocycles. The van der Waals surface area contributed by atoms with Gasteiger partial charge in [0.2, 0.25) is 0 Å². The molecule has 1 aromatic carbocycles. The Balaban J connectivity index is 2.60. The van der Waals surface area contributed by atoms with Crippen molar-refractivity contribution in [1.29, 1.82) is 0 Å². The molecule has 4 nitrogen and oxygen atoms in total. The van der Waals surface area contributed by atoms with Crippen LogP contribution in [0.5, 0.6) is 0 Å². The molecule has 0 atom stereocenters. The van der Waals surface area contributed by atoms with E-state index in [0.717, 1.165) is 31.5 Å². The van der Waals surface area contributed by atoms with Crippen LogP contribution in [0, 0.1) is 5.41 Å². The van der Waals surface area contributed by atoms with Crippen molar-refractivity contribution in [3.63, 3.8) is 0 Å². The third-order valence-electron chi connectivity index (χ3n) is 4.06. The van der Waals surface area contributed by atoms with Crippen molar-refractivity contribution in [2.75, 3.05) is 25.1 Å². The summed E-state index contributed by atoms with van der Waals surface area (Å²) < 4.78 is 5.09. The van der Waals surface area contributed by atoms with Gasteiger partial charge in [0.05, 0.1) is 18.8 Å². The second-order valence-electron chi connectivity index (χ2n) is 5.43. The second-order valence-corrected chi connectivity index (χ2v) is 5.43. The van der Waals surface area contributed by atoms with Gasteiger partial charge in [-0.3, -0.25) is 0 Å². The molecular weight excluding hydrogens is 266 g/mol. The highest BCUT2D eigenvalue weighted by atomic mass is 16.5. The molecule has 0 aliphatic rings. The Kier molecular flexibility index (Phi) is 7.23. The number of hydrogen-bond acceptors (Lipinski definition) is 4. The van der Waals surface area contributed by atoms with E-state index in [-0.39, 0.29) is 18.0 Å². The largest absolute Gasteiger partial charge is 0.462 e. The molecular formula is C17H27NO3. The van der Waals surface area contributed by atoms with Gasteiger partial charge in [0.1, 0.15) is 0 Å². The number of aliphatic hydroxyl groups is 1. The van der Waals surface area contributed by atoms with Gasteiger partial charge in [-0.05, 0) is 43.5 Å². The summed E-state index contributed by atoms with van der Waals surface area (Å²) in [6.45, 7) is 7.49. The van der Waals surface area contributed by atoms with Crippen LogP contribution in [-0.2, 0) is 4.74 Å². The fraction of sp³-hybridized carbons (Fsp3) is 0.588. The molecule has 0 saturated carbocycles. The van der Waals surface area contributed by atoms with E-state index >= 15 is 0 Å². The topological polar surface area (TPSA) is 58.6 Å². The van der Waals surface area contributed by atoms with Crippen LogP contribution >= 0.6 is 0 Å². The van der Waals surface area contributed by atoms with Gasteiger partial charge >= 0.3 is 5.97 Å². The van der Waals surface area contributed by atoms with Crippen LogP contribution in [0.2, 0.25) is 0 Å². The summed E-state index contributed by atoms with van der Waals surface area (Å²) >= 11 is 0. The lowest BCUT2D eigenvalue weighted by Crippen LogP contribution is -2.32. The van der Waals surface area contributed by atoms with Crippen molar-refractivity contribution in [2.24, 2.45) is 5.41 Å². The minimum absolute atomic E-state index is 0.0846. The van der Waals surface area contributed by atoms with Crippen LogP contribution in [0.25, 0.3) is 0 Å². The van der Waals surface area contributed by atoms with E-state index in [9.17, 15) is 9.90 Å². The Morgan fingerprint density at radius 2 is 1.81 bits per heavy atom. The molecule has 0 aliphatic carbocycles. The van der Waals surface area contributed by atoms with Gasteiger partial charge in [-0.25, -0.2) is 4.79 Å². The van der Waals surface area contributed by atoms with E-state index in [1.165, 1.54) is 0 Å². The Bertz CT molecular complexity index is 416. The summed E-state index contributed by atoms with van der Waals surface area (Å²) in [6.07, 6.45) is 2.67. The van der Waals surface area contributed by atoms with Crippen molar-refractivity contribution < 1.29 is 14.6 Å². The molecule has 2 N–H and O–H groups in total. The minimum Gasteiger partial charge on any atom is -0.462 e. The molecule has 0 unspecified atom stereocenters. The standard InChI is InChI=1S/C17H27NO3/c1-4-11-21-16(20)14-7-9-15(10-8-14)18-12-17(5-2,6-3)13-19/h7-10,18-19H,4-6,11-13H2,1-3H3. The third kappa shape index (κ3) is 5.05. The summed E-state index contributed by atoms with van der Waals surface area (Å²) in [4.78, 5) is 11.7. The molecule has 4 heteroatoms. The van der Waals surface area contributed by atoms with E-state index in [0.29, 0.717) is 12.2 Å². The Morgan fingerprint density at radius 1 is 1.19 bits per heavy atom. The number of hydrogen-bond donors (Lipinski definition) is 2. The quantitative estimate of drug-likeness (QED) is 0.685. The van der Waals surface area contributed by atoms with Gasteiger partial charge in [-0.2, -0.15) is 0 Å². The van der Waals surface area contributed by atoms with E-state index < -0.39 is 0 Å². The van der Waals surface area contributed by atoms with Gasteiger partial charge in [-0.1, -0.05) is 20.8 Å². The van der Waals surface area contributed by atoms with Crippen molar-refractivity contribution in [3.8, 4) is 0 Å². The number of anilines is 1. The van der Waals surface area contributed by atoms with Crippen LogP contribution in [0.1, 0.15) is 50.4 Å². The molecule has 0 amide bonds. The zero-order valence-corrected chi connectivity index (χ0v) is 13.3. The lowest BCUT2D eigenvalue weighted by atomic mass is 9.83. The number of carbonyl (C=O) groups excluding carboxylic acids is 1. The fourth-order valence-electron chi connectivity index (χ4n) is 2.07. The van der Waals surface area contributed by atoms with Crippen molar-refractivity contribution >= 4 is 11.7 Å². The monoisotopic (exact) mass is 293 g/mol. The number of benzene rings is 1. The van der Waals surface area contributed by atoms with Crippen LogP contribution in [-0.4, -0.2) is 30.8 Å². The lowest BCUT2D eigenvalue weighted by Gasteiger charge is -2.30. The molecule has 1 aromatic rings. The minimum atomic E-state index is -0.282. The molecule has 118 valence electrons. The number of aliphatic hydroxyl groups excluding tert-OH is 1. The molecule has 0 bridgehead atoms. The zero-order chi connectivity index (χ0) is 15.7. The molecule has 0 aromatic heterocycles. The Morgan fingerprint density at radius 3 is 2.29 bits per heavy atom. The molecule has 0 heterocycles. The summed E-state index contributed by atoms with van der Waals surface area (Å²) in [5.41, 5.74) is 1.42. The maximum atomic E-state index is 11.7. The molecule has 0 aliphatic heterocycles. The van der Waals surface area contributed by atoms with Crippen LogP contribution in [0.15, 0.2) is 24.3 Å². The maximum Gasteiger partial charge on any atom is 0.338 e. The summed E-state index contributed by atoms with van der Waals surface area (Å²) in [5.74, 6) is -0.282. The van der Waals surface area contributed by atoms with Crippen molar-refractivity contribution in [2.45, 2.75) is 40.0 Å². The number of carbonyl (C=O) groups is 1. The predicted octanol–water partition coefficient (Wildman–Crippen LogP) is 3.46. The van der Waals surface area contributed by atoms with E-state index in [1.807, 2.05) is 19.1 Å². The molecule has 0 radical (unpaired) electrons. The van der Waals surface area contributed by atoms with Gasteiger partial charge in [-0.15, -0.1) is 0 Å². The first-order valence-electron chi connectivity index (χ1n) is 7.72. The first-order valence-corrected chi connectivity index (χ1v) is 7.72. The summed E-state index contributed by atoms with van der Waals surface area (Å²) in [6, 6.07) is 7.27. The zero-order valence-electron chi connectivity index (χ0n) is 13.3. The molecule has 1 rings (SSSR count). The number of nitrogens with one attached hydrogen (secondary N) is 1. The van der Waals surface area contributed by atoms with Crippen molar-refractivity contribution in [1.82, 2.24) is 0 Å². The van der Waals surface area contributed by atoms with Gasteiger partial charge in [0.15, 0.2) is 0 Å². The van der Waals surface area contributed by atoms with E-state index in [2.05, 4.69) is 19.2 Å². The molecule has 0 fully saturated rings. The Hall–Kier alpha value is -1.55. The maximum absolute atomic E-state index is 11.7. The van der Waals surface area contributed by atoms with E-state index in [4.69, 9.17) is 4.74 Å². The van der Waals surface area contributed by atoms with Crippen LogP contribution in [0.4, 0.5) is 5.69 Å². The highest BCUT2D eigenvalue weighted by Crippen LogP contribution is 2.26. The highest BCUT2D eigenvalue weighted by Gasteiger charge is 2.24. The average Bonchev–Trinajstić information content (AvgIpc) is 2.55. The summed E-state index contributed by atoms with van der Waals surface area (Å²) in [5, 5.41) is 12.9. The van der Waals surface area contributed by atoms with E-state index in [1.54, 1.807) is 12.1 Å². The first-order chi connectivity index (χ1) is 10.1. The van der Waals surface area contributed by atoms with Gasteiger partial charge in [0.25, 0.3) is 0 Å². The SMILES string of the molecule is CCCOC(=O)c1ccc(NCC(CC)(CC)CO)cc1. The first kappa shape index (κ1) is 17.5. The van der Waals surface area contributed by atoms with Gasteiger partial charge in [0, 0.05) is 17.6 Å². The smallest absolute Gasteiger partial charge is 0.338 e. The highest BCUT2D eigenvalue weighted by molar-refractivity contribution is 5.89. The number of esters is 1. The third-order valence-corrected chi connectivity index (χ3v) is 4.06. The predicted molar refractivity (Wildman–Crippen MR) is 85.6 cm³/mol. The molecule has 0 spiro atoms. The number of ether oxygens (including phenoxy) is 1. The van der Waals surface area contributed by atoms with Crippen LogP contribution < -0.4 is 5.32 Å². The summed E-state index contributed by atoms with van der Waals surface area (Å²) in [7, 11) is 0. The van der Waals surface area contributed by atoms with Crippen LogP contribution in [0.3, 0.4) is 0 Å². The fourth-order valence-corrected chi connectivity index (χ4v) is 2.07. The molecule has 21 heavy (non-hydrogen) atoms. The van der Waals surface area contributed by atoms with Crippen molar-refractivity contribution in [3.05, 3.63) is 29.8 Å². The average molecular weight is 293 g/mol.